The Labute approximate surface area is 119 Å². The number of halogens is 1. The van der Waals surface area contributed by atoms with E-state index in [0.717, 1.165) is 26.1 Å². The molecule has 0 bridgehead atoms. The molecule has 0 heterocycles. The molecule has 0 saturated carbocycles. The Morgan fingerprint density at radius 3 is 2.31 bits per heavy atom. The van der Waals surface area contributed by atoms with Crippen molar-refractivity contribution in [2.24, 2.45) is 0 Å². The normalized spacial score (nSPS) is 14.6. The Morgan fingerprint density at radius 1 is 1.31 bits per heavy atom. The number of nitrogens with one attached hydrogen (secondary N) is 2. The summed E-state index contributed by atoms with van der Waals surface area (Å²) in [6.45, 7) is 5.27. The Balaban J connectivity index is 0. The number of hydrogen-bond acceptors (Lipinski definition) is 4. The molecule has 1 unspecified atom stereocenters. The van der Waals surface area contributed by atoms with Gasteiger partial charge in [0, 0.05) is 26.2 Å². The van der Waals surface area contributed by atoms with E-state index in [1.165, 1.54) is 0 Å². The van der Waals surface area contributed by atoms with Gasteiger partial charge in [-0.3, -0.25) is 9.65 Å². The Kier molecular flexibility index (Phi) is 13.4. The third-order valence-corrected chi connectivity index (χ3v) is 2.55. The Morgan fingerprint density at radius 2 is 1.88 bits per heavy atom. The predicted molar refractivity (Wildman–Crippen MR) is 57.4 cm³/mol. The molecule has 8 heteroatoms. The second-order valence-electron chi connectivity index (χ2n) is 3.33. The number of nitrogens with zero attached hydrogens (tertiary/aromatic N) is 1. The van der Waals surface area contributed by atoms with Crippen LogP contribution < -0.4 is 44.9 Å². The molecule has 0 amide bonds. The summed E-state index contributed by atoms with van der Waals surface area (Å²) in [5, 5.41) is 4.87. The molecule has 0 spiro atoms. The fraction of sp³-hybridized carbons (Fsp3) is 1.00. The average molecular weight is 263 g/mol. The third-order valence-electron chi connectivity index (χ3n) is 1.95. The minimum atomic E-state index is -4.81. The van der Waals surface area contributed by atoms with Gasteiger partial charge in [0.1, 0.15) is 0 Å². The molecular formula is C8H20FN3NaO2P. The average Bonchev–Trinajstić information content (AvgIpc) is 2.12. The largest absolute Gasteiger partial charge is 1.00 e. The molecule has 2 N–H and O–H groups in total. The molecule has 0 aromatic carbocycles. The van der Waals surface area contributed by atoms with Crippen LogP contribution in [0.15, 0.2) is 0 Å². The number of rotatable bonds is 9. The standard InChI is InChI=1S/C8H21FN3O2P.Na/c1-3-6-12(7-4-10-2)8-5-11-15(9,13)14;/h10H,3-8H2,1-2H3,(H2,11,13,14);/q;+1/p-1. The third kappa shape index (κ3) is 13.1. The zero-order chi connectivity index (χ0) is 11.7. The van der Waals surface area contributed by atoms with Crippen molar-refractivity contribution in [2.45, 2.75) is 13.3 Å². The van der Waals surface area contributed by atoms with E-state index in [1.807, 2.05) is 19.1 Å². The Bertz CT molecular complexity index is 206. The van der Waals surface area contributed by atoms with Crippen molar-refractivity contribution in [3.63, 3.8) is 0 Å². The van der Waals surface area contributed by atoms with Gasteiger partial charge in [0.25, 0.3) is 0 Å². The first-order valence-electron chi connectivity index (χ1n) is 5.12. The molecule has 16 heavy (non-hydrogen) atoms. The van der Waals surface area contributed by atoms with E-state index >= 15 is 0 Å². The molecule has 0 rings (SSSR count). The number of hydrogen-bond donors (Lipinski definition) is 2. The second kappa shape index (κ2) is 11.1. The maximum absolute atomic E-state index is 12.1. The molecular weight excluding hydrogens is 243 g/mol. The van der Waals surface area contributed by atoms with Crippen molar-refractivity contribution in [2.75, 3.05) is 39.8 Å². The summed E-state index contributed by atoms with van der Waals surface area (Å²) >= 11 is 0. The van der Waals surface area contributed by atoms with Gasteiger partial charge in [-0.05, 0) is 20.0 Å². The molecule has 0 radical (unpaired) electrons. The van der Waals surface area contributed by atoms with Gasteiger partial charge in [0.05, 0.1) is 0 Å². The summed E-state index contributed by atoms with van der Waals surface area (Å²) in [7, 11) is -2.95. The van der Waals surface area contributed by atoms with Gasteiger partial charge < -0.3 is 15.1 Å². The summed E-state index contributed by atoms with van der Waals surface area (Å²) in [6.07, 6.45) is 0.994. The van der Waals surface area contributed by atoms with Crippen LogP contribution in [0.1, 0.15) is 13.3 Å². The Hall–Kier alpha value is 1.00. The van der Waals surface area contributed by atoms with Crippen LogP contribution >= 0.6 is 7.83 Å². The van der Waals surface area contributed by atoms with Gasteiger partial charge >= 0.3 is 29.6 Å². The van der Waals surface area contributed by atoms with Gasteiger partial charge in [-0.15, -0.1) is 0 Å². The summed E-state index contributed by atoms with van der Waals surface area (Å²) < 4.78 is 22.3. The SMILES string of the molecule is CCCN(CCNC)CCNP(=O)([O-])F.[Na+]. The second-order valence-corrected chi connectivity index (χ2v) is 4.61. The van der Waals surface area contributed by atoms with Crippen LogP contribution in [0, 0.1) is 0 Å². The van der Waals surface area contributed by atoms with E-state index in [4.69, 9.17) is 0 Å². The minimum Gasteiger partial charge on any atom is -0.763 e. The summed E-state index contributed by atoms with van der Waals surface area (Å²) in [5.41, 5.74) is 0. The molecule has 1 atom stereocenters. The van der Waals surface area contributed by atoms with Crippen molar-refractivity contribution >= 4 is 7.83 Å². The zero-order valence-corrected chi connectivity index (χ0v) is 13.2. The smallest absolute Gasteiger partial charge is 0.763 e. The van der Waals surface area contributed by atoms with Gasteiger partial charge in [-0.2, -0.15) is 4.20 Å². The van der Waals surface area contributed by atoms with E-state index < -0.39 is 7.83 Å². The summed E-state index contributed by atoms with van der Waals surface area (Å²) in [6, 6.07) is 0. The quantitative estimate of drug-likeness (QED) is 0.342. The van der Waals surface area contributed by atoms with Crippen LogP contribution in [0.2, 0.25) is 0 Å². The molecule has 0 aromatic rings. The maximum Gasteiger partial charge on any atom is 1.00 e. The zero-order valence-electron chi connectivity index (χ0n) is 10.3. The number of likely N-dealkylation sites (N-methyl/N-ethyl adjacent to an activating group) is 1. The molecule has 0 aliphatic carbocycles. The molecule has 92 valence electrons. The molecule has 0 aliphatic heterocycles. The predicted octanol–water partition coefficient (Wildman–Crippen LogP) is -3.05. The molecule has 5 nitrogen and oxygen atoms in total. The monoisotopic (exact) mass is 263 g/mol. The summed E-state index contributed by atoms with van der Waals surface area (Å²) in [4.78, 5) is 12.3. The van der Waals surface area contributed by atoms with Crippen molar-refractivity contribution in [1.82, 2.24) is 15.3 Å². The van der Waals surface area contributed by atoms with Gasteiger partial charge in [-0.25, -0.2) is 0 Å². The van der Waals surface area contributed by atoms with E-state index in [9.17, 15) is 13.7 Å². The van der Waals surface area contributed by atoms with Crippen molar-refractivity contribution in [1.29, 1.82) is 0 Å². The van der Waals surface area contributed by atoms with E-state index in [-0.39, 0.29) is 36.1 Å². The van der Waals surface area contributed by atoms with Crippen molar-refractivity contribution < 1.29 is 43.2 Å². The molecule has 0 aromatic heterocycles. The van der Waals surface area contributed by atoms with Crippen LogP contribution in [0.25, 0.3) is 0 Å². The van der Waals surface area contributed by atoms with Crippen LogP contribution in [-0.2, 0) is 4.57 Å². The fourth-order valence-electron chi connectivity index (χ4n) is 1.26. The van der Waals surface area contributed by atoms with Crippen molar-refractivity contribution in [3.05, 3.63) is 0 Å². The molecule has 0 saturated heterocycles. The maximum atomic E-state index is 12.1. The topological polar surface area (TPSA) is 67.4 Å². The van der Waals surface area contributed by atoms with Gasteiger partial charge in [0.2, 0.25) is 7.83 Å². The van der Waals surface area contributed by atoms with Gasteiger partial charge in [-0.1, -0.05) is 6.92 Å². The van der Waals surface area contributed by atoms with Gasteiger partial charge in [0.15, 0.2) is 0 Å². The fourth-order valence-corrected chi connectivity index (χ4v) is 1.63. The molecule has 0 fully saturated rings. The minimum absolute atomic E-state index is 0. The van der Waals surface area contributed by atoms with Crippen LogP contribution in [0.4, 0.5) is 4.20 Å². The first-order chi connectivity index (χ1) is 6.99. The first kappa shape index (κ1) is 19.3. The molecule has 0 aliphatic rings. The summed E-state index contributed by atoms with van der Waals surface area (Å²) in [5.74, 6) is 0. The van der Waals surface area contributed by atoms with E-state index in [0.29, 0.717) is 6.54 Å². The van der Waals surface area contributed by atoms with Crippen LogP contribution in [-0.4, -0.2) is 44.7 Å². The van der Waals surface area contributed by atoms with E-state index in [2.05, 4.69) is 10.2 Å². The van der Waals surface area contributed by atoms with E-state index in [1.54, 1.807) is 0 Å². The van der Waals surface area contributed by atoms with Crippen LogP contribution in [0.5, 0.6) is 0 Å². The van der Waals surface area contributed by atoms with Crippen molar-refractivity contribution in [3.8, 4) is 0 Å². The first-order valence-corrected chi connectivity index (χ1v) is 6.64. The van der Waals surface area contributed by atoms with Crippen LogP contribution in [0.3, 0.4) is 0 Å².